The van der Waals surface area contributed by atoms with Gasteiger partial charge in [-0.3, -0.25) is 9.69 Å². The molecule has 1 amide bonds. The van der Waals surface area contributed by atoms with Crippen LogP contribution in [0.2, 0.25) is 0 Å². The van der Waals surface area contributed by atoms with Crippen LogP contribution in [-0.2, 0) is 22.6 Å². The van der Waals surface area contributed by atoms with Crippen molar-refractivity contribution in [2.75, 3.05) is 37.4 Å². The number of aryl methyl sites for hydroxylation is 1. The van der Waals surface area contributed by atoms with Gasteiger partial charge in [0, 0.05) is 25.3 Å². The minimum absolute atomic E-state index is 0.0333. The monoisotopic (exact) mass is 389 g/mol. The van der Waals surface area contributed by atoms with Crippen molar-refractivity contribution in [1.82, 2.24) is 19.7 Å². The number of amides is 1. The summed E-state index contributed by atoms with van der Waals surface area (Å²) in [5.41, 5.74) is 3.13. The third kappa shape index (κ3) is 5.09. The minimum Gasteiger partial charge on any atom is -0.379 e. The third-order valence-electron chi connectivity index (χ3n) is 4.79. The maximum atomic E-state index is 12.4. The predicted molar refractivity (Wildman–Crippen MR) is 107 cm³/mol. The van der Waals surface area contributed by atoms with E-state index in [1.165, 1.54) is 17.3 Å². The maximum absolute atomic E-state index is 12.4. The van der Waals surface area contributed by atoms with Crippen LogP contribution < -0.4 is 5.32 Å². The quantitative estimate of drug-likeness (QED) is 0.734. The van der Waals surface area contributed by atoms with Crippen LogP contribution in [0, 0.1) is 13.8 Å². The number of anilines is 1. The zero-order chi connectivity index (χ0) is 19.2. The lowest BCUT2D eigenvalue weighted by Crippen LogP contribution is -2.36. The normalized spacial score (nSPS) is 15.1. The molecule has 0 atom stereocenters. The van der Waals surface area contributed by atoms with Crippen LogP contribution >= 0.6 is 11.8 Å². The fourth-order valence-corrected chi connectivity index (χ4v) is 3.84. The van der Waals surface area contributed by atoms with E-state index in [1.807, 2.05) is 32.0 Å². The summed E-state index contributed by atoms with van der Waals surface area (Å²) in [6.07, 6.45) is 0. The van der Waals surface area contributed by atoms with E-state index < -0.39 is 0 Å². The van der Waals surface area contributed by atoms with Gasteiger partial charge in [-0.15, -0.1) is 10.2 Å². The second-order valence-electron chi connectivity index (χ2n) is 6.62. The Kier molecular flexibility index (Phi) is 6.87. The molecule has 1 aromatic carbocycles. The Bertz CT molecular complexity index is 786. The van der Waals surface area contributed by atoms with Crippen LogP contribution in [0.1, 0.15) is 23.9 Å². The highest BCUT2D eigenvalue weighted by Crippen LogP contribution is 2.21. The summed E-state index contributed by atoms with van der Waals surface area (Å²) < 4.78 is 7.48. The summed E-state index contributed by atoms with van der Waals surface area (Å²) in [5, 5.41) is 12.4. The van der Waals surface area contributed by atoms with E-state index in [4.69, 9.17) is 4.74 Å². The van der Waals surface area contributed by atoms with Crippen molar-refractivity contribution in [3.05, 3.63) is 35.2 Å². The number of carbonyl (C=O) groups is 1. The van der Waals surface area contributed by atoms with E-state index in [0.717, 1.165) is 61.6 Å². The van der Waals surface area contributed by atoms with Crippen LogP contribution in [-0.4, -0.2) is 57.6 Å². The molecule has 8 heteroatoms. The Morgan fingerprint density at radius 1 is 1.26 bits per heavy atom. The van der Waals surface area contributed by atoms with Crippen molar-refractivity contribution in [2.45, 2.75) is 39.0 Å². The Morgan fingerprint density at radius 2 is 2.04 bits per heavy atom. The van der Waals surface area contributed by atoms with Crippen molar-refractivity contribution in [3.63, 3.8) is 0 Å². The van der Waals surface area contributed by atoms with Gasteiger partial charge in [0.2, 0.25) is 5.91 Å². The largest absolute Gasteiger partial charge is 0.379 e. The molecule has 1 aliphatic heterocycles. The molecule has 0 radical (unpaired) electrons. The molecule has 0 bridgehead atoms. The lowest BCUT2D eigenvalue weighted by molar-refractivity contribution is -0.113. The number of morpholine rings is 1. The molecule has 146 valence electrons. The first-order valence-corrected chi connectivity index (χ1v) is 10.3. The standard InChI is InChI=1S/C19H27N5O2S/c1-4-24-17(12-23-8-10-26-11-9-23)21-22-19(24)27-13-18(25)20-16-7-5-6-14(2)15(16)3/h5-7H,4,8-13H2,1-3H3,(H,20,25). The summed E-state index contributed by atoms with van der Waals surface area (Å²) in [5.74, 6) is 1.22. The summed E-state index contributed by atoms with van der Waals surface area (Å²) >= 11 is 1.43. The zero-order valence-electron chi connectivity index (χ0n) is 16.2. The molecule has 2 aromatic rings. The van der Waals surface area contributed by atoms with E-state index >= 15 is 0 Å². The van der Waals surface area contributed by atoms with Gasteiger partial charge in [0.15, 0.2) is 5.16 Å². The summed E-state index contributed by atoms with van der Waals surface area (Å²) in [6.45, 7) is 11.0. The van der Waals surface area contributed by atoms with Crippen LogP contribution in [0.3, 0.4) is 0 Å². The summed E-state index contributed by atoms with van der Waals surface area (Å²) in [4.78, 5) is 14.7. The highest BCUT2D eigenvalue weighted by atomic mass is 32.2. The molecule has 1 aliphatic rings. The summed E-state index contributed by atoms with van der Waals surface area (Å²) in [7, 11) is 0. The topological polar surface area (TPSA) is 72.3 Å². The number of ether oxygens (including phenoxy) is 1. The lowest BCUT2D eigenvalue weighted by atomic mass is 10.1. The number of thioether (sulfide) groups is 1. The first-order valence-electron chi connectivity index (χ1n) is 9.29. The highest BCUT2D eigenvalue weighted by molar-refractivity contribution is 7.99. The lowest BCUT2D eigenvalue weighted by Gasteiger charge is -2.26. The summed E-state index contributed by atoms with van der Waals surface area (Å²) in [6, 6.07) is 5.93. The molecule has 2 heterocycles. The van der Waals surface area contributed by atoms with Gasteiger partial charge in [-0.1, -0.05) is 23.9 Å². The fourth-order valence-electron chi connectivity index (χ4n) is 3.02. The molecule has 1 N–H and O–H groups in total. The SMILES string of the molecule is CCn1c(CN2CCOCC2)nnc1SCC(=O)Nc1cccc(C)c1C. The molecule has 1 fully saturated rings. The van der Waals surface area contributed by atoms with E-state index in [-0.39, 0.29) is 5.91 Å². The van der Waals surface area contributed by atoms with Crippen LogP contribution in [0.15, 0.2) is 23.4 Å². The highest BCUT2D eigenvalue weighted by Gasteiger charge is 2.18. The fraction of sp³-hybridized carbons (Fsp3) is 0.526. The van der Waals surface area contributed by atoms with Crippen molar-refractivity contribution >= 4 is 23.4 Å². The minimum atomic E-state index is -0.0333. The van der Waals surface area contributed by atoms with E-state index in [0.29, 0.717) is 5.75 Å². The average molecular weight is 390 g/mol. The van der Waals surface area contributed by atoms with Gasteiger partial charge in [-0.05, 0) is 38.0 Å². The first kappa shape index (κ1) is 19.9. The van der Waals surface area contributed by atoms with Crippen LogP contribution in [0.25, 0.3) is 0 Å². The number of nitrogens with zero attached hydrogens (tertiary/aromatic N) is 4. The maximum Gasteiger partial charge on any atom is 0.234 e. The second kappa shape index (κ2) is 9.34. The Labute approximate surface area is 164 Å². The van der Waals surface area contributed by atoms with Crippen molar-refractivity contribution in [2.24, 2.45) is 0 Å². The van der Waals surface area contributed by atoms with Gasteiger partial charge in [0.05, 0.1) is 25.5 Å². The molecule has 0 aliphatic carbocycles. The Balaban J connectivity index is 1.58. The van der Waals surface area contributed by atoms with Crippen molar-refractivity contribution in [1.29, 1.82) is 0 Å². The van der Waals surface area contributed by atoms with Crippen LogP contribution in [0.5, 0.6) is 0 Å². The van der Waals surface area contributed by atoms with Crippen LogP contribution in [0.4, 0.5) is 5.69 Å². The molecule has 7 nitrogen and oxygen atoms in total. The number of nitrogens with one attached hydrogen (secondary N) is 1. The van der Waals surface area contributed by atoms with E-state index in [1.54, 1.807) is 0 Å². The Hall–Kier alpha value is -1.90. The van der Waals surface area contributed by atoms with Gasteiger partial charge in [-0.25, -0.2) is 0 Å². The molecule has 0 saturated carbocycles. The molecule has 1 saturated heterocycles. The zero-order valence-corrected chi connectivity index (χ0v) is 17.0. The number of carbonyl (C=O) groups excluding carboxylic acids is 1. The smallest absolute Gasteiger partial charge is 0.234 e. The predicted octanol–water partition coefficient (Wildman–Crippen LogP) is 2.48. The van der Waals surface area contributed by atoms with Gasteiger partial charge in [0.25, 0.3) is 0 Å². The van der Waals surface area contributed by atoms with Gasteiger partial charge < -0.3 is 14.6 Å². The molecule has 1 aromatic heterocycles. The number of hydrogen-bond donors (Lipinski definition) is 1. The Morgan fingerprint density at radius 3 is 2.78 bits per heavy atom. The first-order chi connectivity index (χ1) is 13.1. The van der Waals surface area contributed by atoms with E-state index in [2.05, 4.69) is 31.9 Å². The molecule has 3 rings (SSSR count). The number of aromatic nitrogens is 3. The molecule has 27 heavy (non-hydrogen) atoms. The average Bonchev–Trinajstić information content (AvgIpc) is 3.06. The second-order valence-corrected chi connectivity index (χ2v) is 7.56. The number of hydrogen-bond acceptors (Lipinski definition) is 6. The molecular formula is C19H27N5O2S. The van der Waals surface area contributed by atoms with Gasteiger partial charge in [-0.2, -0.15) is 0 Å². The molecule has 0 spiro atoms. The molecule has 0 unspecified atom stereocenters. The number of rotatable bonds is 7. The third-order valence-corrected chi connectivity index (χ3v) is 5.76. The van der Waals surface area contributed by atoms with Gasteiger partial charge in [0.1, 0.15) is 5.82 Å². The van der Waals surface area contributed by atoms with Crippen molar-refractivity contribution in [3.8, 4) is 0 Å². The van der Waals surface area contributed by atoms with Gasteiger partial charge >= 0.3 is 0 Å². The van der Waals surface area contributed by atoms with E-state index in [9.17, 15) is 4.79 Å². The number of benzene rings is 1. The van der Waals surface area contributed by atoms with Crippen molar-refractivity contribution < 1.29 is 9.53 Å². The molecular weight excluding hydrogens is 362 g/mol.